The maximum Gasteiger partial charge on any atom is 0.262 e. The molecule has 3 aromatic rings. The zero-order valence-corrected chi connectivity index (χ0v) is 23.0. The van der Waals surface area contributed by atoms with Crippen molar-refractivity contribution in [3.63, 3.8) is 0 Å². The zero-order valence-electron chi connectivity index (χ0n) is 21.3. The maximum atomic E-state index is 13.6. The van der Waals surface area contributed by atoms with E-state index in [0.717, 1.165) is 33.7 Å². The number of carbonyl (C=O) groups is 2. The van der Waals surface area contributed by atoms with E-state index >= 15 is 0 Å². The smallest absolute Gasteiger partial charge is 0.262 e. The molecule has 2 amide bonds. The third-order valence-electron chi connectivity index (χ3n) is 6.87. The molecule has 0 saturated heterocycles. The number of benzene rings is 1. The summed E-state index contributed by atoms with van der Waals surface area (Å²) in [6.45, 7) is 6.90. The van der Waals surface area contributed by atoms with Crippen molar-refractivity contribution in [1.29, 1.82) is 0 Å². The van der Waals surface area contributed by atoms with Crippen LogP contribution in [0.1, 0.15) is 102 Å². The number of hydrogen-bond acceptors (Lipinski definition) is 4. The first-order valence-corrected chi connectivity index (χ1v) is 14.8. The van der Waals surface area contributed by atoms with Crippen molar-refractivity contribution in [2.75, 3.05) is 6.54 Å². The van der Waals surface area contributed by atoms with Gasteiger partial charge in [0.1, 0.15) is 0 Å². The van der Waals surface area contributed by atoms with E-state index in [1.165, 1.54) is 66.0 Å². The Bertz CT molecular complexity index is 1090. The molecule has 0 spiro atoms. The number of hydrogen-bond donors (Lipinski definition) is 0. The summed E-state index contributed by atoms with van der Waals surface area (Å²) >= 11 is 3.35. The number of carbonyl (C=O) groups excluding carboxylic acids is 2. The second-order valence-electron chi connectivity index (χ2n) is 9.68. The minimum Gasteiger partial charge on any atom is -0.274 e. The topological polar surface area (TPSA) is 37.4 Å². The summed E-state index contributed by atoms with van der Waals surface area (Å²) in [7, 11) is 0. The summed E-state index contributed by atoms with van der Waals surface area (Å²) in [5.41, 5.74) is 2.96. The molecule has 0 saturated carbocycles. The van der Waals surface area contributed by atoms with Crippen molar-refractivity contribution in [3.8, 4) is 20.9 Å². The van der Waals surface area contributed by atoms with Crippen LogP contribution in [0.4, 0.5) is 0 Å². The van der Waals surface area contributed by atoms with Gasteiger partial charge >= 0.3 is 0 Å². The predicted molar refractivity (Wildman–Crippen MR) is 150 cm³/mol. The molecule has 0 bridgehead atoms. The Morgan fingerprint density at radius 2 is 1.03 bits per heavy atom. The highest BCUT2D eigenvalue weighted by Gasteiger charge is 2.39. The van der Waals surface area contributed by atoms with Gasteiger partial charge in [0, 0.05) is 37.2 Å². The van der Waals surface area contributed by atoms with Gasteiger partial charge in [-0.3, -0.25) is 14.5 Å². The summed E-state index contributed by atoms with van der Waals surface area (Å²) in [6, 6.07) is 12.3. The van der Waals surface area contributed by atoms with Gasteiger partial charge in [0.05, 0.1) is 11.1 Å². The Labute approximate surface area is 218 Å². The van der Waals surface area contributed by atoms with Crippen LogP contribution in [0.3, 0.4) is 0 Å². The van der Waals surface area contributed by atoms with Crippen molar-refractivity contribution in [3.05, 3.63) is 57.3 Å². The van der Waals surface area contributed by atoms with Crippen LogP contribution in [0.25, 0.3) is 20.9 Å². The van der Waals surface area contributed by atoms with Gasteiger partial charge in [0.25, 0.3) is 11.8 Å². The fraction of sp³-hybridized carbons (Fsp3) is 0.467. The lowest BCUT2D eigenvalue weighted by Gasteiger charge is -2.13. The lowest BCUT2D eigenvalue weighted by molar-refractivity contribution is 0.0652. The minimum atomic E-state index is -0.128. The van der Waals surface area contributed by atoms with Crippen molar-refractivity contribution in [1.82, 2.24) is 4.90 Å². The molecule has 0 N–H and O–H groups in total. The second kappa shape index (κ2) is 12.1. The Morgan fingerprint density at radius 1 is 0.600 bits per heavy atom. The van der Waals surface area contributed by atoms with Gasteiger partial charge in [-0.2, -0.15) is 0 Å². The monoisotopic (exact) mass is 507 g/mol. The molecule has 0 radical (unpaired) electrons. The van der Waals surface area contributed by atoms with Crippen LogP contribution in [-0.4, -0.2) is 23.3 Å². The lowest BCUT2D eigenvalue weighted by atomic mass is 9.95. The summed E-state index contributed by atoms with van der Waals surface area (Å²) in [4.78, 5) is 33.2. The minimum absolute atomic E-state index is 0.128. The number of rotatable bonds is 13. The first-order chi connectivity index (χ1) is 17.0. The van der Waals surface area contributed by atoms with Gasteiger partial charge in [0.15, 0.2) is 0 Å². The van der Waals surface area contributed by atoms with Gasteiger partial charge in [-0.05, 0) is 44.5 Å². The number of aryl methyl sites for hydroxylation is 2. The SMILES string of the molecule is CCCCCCCCCCCCN1C(=O)c2c(-c3ccc(C)s3)ccc(-c3ccc(C)s3)c2C1=O. The van der Waals surface area contributed by atoms with Crippen LogP contribution in [-0.2, 0) is 0 Å². The molecule has 3 heterocycles. The van der Waals surface area contributed by atoms with Crippen molar-refractivity contribution in [2.45, 2.75) is 85.0 Å². The third kappa shape index (κ3) is 5.95. The number of amides is 2. The summed E-state index contributed by atoms with van der Waals surface area (Å²) in [6.07, 6.45) is 12.3. The highest BCUT2D eigenvalue weighted by atomic mass is 32.1. The Morgan fingerprint density at radius 3 is 1.43 bits per heavy atom. The van der Waals surface area contributed by atoms with Crippen LogP contribution >= 0.6 is 22.7 Å². The number of imide groups is 1. The quantitative estimate of drug-likeness (QED) is 0.171. The van der Waals surface area contributed by atoms with E-state index in [2.05, 4.69) is 45.0 Å². The van der Waals surface area contributed by atoms with E-state index in [0.29, 0.717) is 17.7 Å². The lowest BCUT2D eigenvalue weighted by Crippen LogP contribution is -2.30. The highest BCUT2D eigenvalue weighted by molar-refractivity contribution is 7.15. The third-order valence-corrected chi connectivity index (χ3v) is 8.94. The van der Waals surface area contributed by atoms with Gasteiger partial charge in [-0.15, -0.1) is 22.7 Å². The Balaban J connectivity index is 1.46. The number of unbranched alkanes of at least 4 members (excludes halogenated alkanes) is 9. The number of nitrogens with zero attached hydrogens (tertiary/aromatic N) is 1. The average molecular weight is 508 g/mol. The van der Waals surface area contributed by atoms with E-state index < -0.39 is 0 Å². The van der Waals surface area contributed by atoms with Crippen molar-refractivity contribution < 1.29 is 9.59 Å². The zero-order chi connectivity index (χ0) is 24.8. The molecule has 4 rings (SSSR count). The van der Waals surface area contributed by atoms with E-state index in [1.54, 1.807) is 22.7 Å². The highest BCUT2D eigenvalue weighted by Crippen LogP contribution is 2.42. The second-order valence-corrected chi connectivity index (χ2v) is 12.3. The Hall–Kier alpha value is -2.24. The normalized spacial score (nSPS) is 13.2. The standard InChI is InChI=1S/C30H37NO2S2/c1-4-5-6-7-8-9-10-11-12-13-20-31-29(32)27-23(25-18-14-21(2)34-25)16-17-24(28(27)30(31)33)26-19-15-22(3)35-26/h14-19H,4-13,20H2,1-3H3. The number of fused-ring (bicyclic) bond motifs is 1. The van der Waals surface area contributed by atoms with E-state index in [9.17, 15) is 9.59 Å². The molecule has 0 unspecified atom stereocenters. The van der Waals surface area contributed by atoms with E-state index in [4.69, 9.17) is 0 Å². The van der Waals surface area contributed by atoms with E-state index in [-0.39, 0.29) is 11.8 Å². The van der Waals surface area contributed by atoms with Crippen molar-refractivity contribution >= 4 is 34.5 Å². The molecule has 0 fully saturated rings. The van der Waals surface area contributed by atoms with E-state index in [1.807, 2.05) is 12.1 Å². The largest absolute Gasteiger partial charge is 0.274 e. The fourth-order valence-corrected chi connectivity index (χ4v) is 6.74. The van der Waals surface area contributed by atoms with Gasteiger partial charge in [0.2, 0.25) is 0 Å². The van der Waals surface area contributed by atoms with Gasteiger partial charge in [-0.1, -0.05) is 76.8 Å². The molecule has 3 nitrogen and oxygen atoms in total. The summed E-state index contributed by atoms with van der Waals surface area (Å²) in [5, 5.41) is 0. The predicted octanol–water partition coefficient (Wildman–Crippen LogP) is 9.28. The van der Waals surface area contributed by atoms with Crippen LogP contribution in [0.2, 0.25) is 0 Å². The maximum absolute atomic E-state index is 13.6. The molecule has 1 aromatic carbocycles. The fourth-order valence-electron chi connectivity index (χ4n) is 4.94. The molecule has 35 heavy (non-hydrogen) atoms. The van der Waals surface area contributed by atoms with Gasteiger partial charge < -0.3 is 0 Å². The molecule has 0 atom stereocenters. The summed E-state index contributed by atoms with van der Waals surface area (Å²) in [5.74, 6) is -0.255. The molecular formula is C30H37NO2S2. The molecule has 5 heteroatoms. The molecule has 2 aromatic heterocycles. The van der Waals surface area contributed by atoms with Crippen LogP contribution in [0.5, 0.6) is 0 Å². The average Bonchev–Trinajstić information content (AvgIpc) is 3.54. The molecule has 0 aliphatic carbocycles. The Kier molecular flexibility index (Phi) is 8.96. The number of thiophene rings is 2. The van der Waals surface area contributed by atoms with Crippen LogP contribution in [0.15, 0.2) is 36.4 Å². The van der Waals surface area contributed by atoms with Crippen molar-refractivity contribution in [2.24, 2.45) is 0 Å². The van der Waals surface area contributed by atoms with Crippen LogP contribution in [0, 0.1) is 13.8 Å². The first-order valence-electron chi connectivity index (χ1n) is 13.2. The van der Waals surface area contributed by atoms with Gasteiger partial charge in [-0.25, -0.2) is 0 Å². The summed E-state index contributed by atoms with van der Waals surface area (Å²) < 4.78 is 0. The van der Waals surface area contributed by atoms with Crippen LogP contribution < -0.4 is 0 Å². The first kappa shape index (κ1) is 25.8. The molecule has 1 aliphatic heterocycles. The molecule has 186 valence electrons. The molecule has 1 aliphatic rings. The molecular weight excluding hydrogens is 470 g/mol.